The van der Waals surface area contributed by atoms with Crippen LogP contribution < -0.4 is 0 Å². The second kappa shape index (κ2) is 2.16. The lowest BCUT2D eigenvalue weighted by Gasteiger charge is -1.98. The van der Waals surface area contributed by atoms with Gasteiger partial charge in [-0.1, -0.05) is 13.8 Å². The van der Waals surface area contributed by atoms with Gasteiger partial charge in [-0.15, -0.1) is 0 Å². The number of hydrogen-bond donors (Lipinski definition) is 1. The molecule has 2 atom stereocenters. The average Bonchev–Trinajstić information content (AvgIpc) is 2.33. The highest BCUT2D eigenvalue weighted by Crippen LogP contribution is 2.58. The molecule has 0 radical (unpaired) electrons. The van der Waals surface area contributed by atoms with Crippen LogP contribution >= 0.6 is 0 Å². The summed E-state index contributed by atoms with van der Waals surface area (Å²) in [5, 5.41) is 8.33. The molecule has 1 rings (SSSR count). The maximum absolute atomic E-state index is 12.6. The molecule has 0 heterocycles. The van der Waals surface area contributed by atoms with Gasteiger partial charge in [0.05, 0.1) is 0 Å². The Morgan fingerprint density at radius 2 is 2.00 bits per heavy atom. The van der Waals surface area contributed by atoms with E-state index in [4.69, 9.17) is 5.11 Å². The van der Waals surface area contributed by atoms with Gasteiger partial charge in [-0.2, -0.15) is 0 Å². The zero-order valence-corrected chi connectivity index (χ0v) is 6.34. The predicted molar refractivity (Wildman–Crippen MR) is 34.4 cm³/mol. The standard InChI is InChI=1S/C7H10F2O2/c1-3(2)4-5(6(10)11)7(4,8)9/h3-5H,1-2H3,(H,10,11). The van der Waals surface area contributed by atoms with Crippen molar-refractivity contribution < 1.29 is 18.7 Å². The molecule has 2 unspecified atom stereocenters. The molecule has 2 nitrogen and oxygen atoms in total. The minimum atomic E-state index is -2.97. The van der Waals surface area contributed by atoms with Crippen LogP contribution in [0.1, 0.15) is 13.8 Å². The SMILES string of the molecule is CC(C)C1C(C(=O)O)C1(F)F. The number of halogens is 2. The quantitative estimate of drug-likeness (QED) is 0.673. The van der Waals surface area contributed by atoms with Crippen LogP contribution in [0.25, 0.3) is 0 Å². The number of aliphatic carboxylic acids is 1. The lowest BCUT2D eigenvalue weighted by atomic mass is 10.1. The van der Waals surface area contributed by atoms with E-state index in [2.05, 4.69) is 0 Å². The molecule has 1 saturated carbocycles. The summed E-state index contributed by atoms with van der Waals surface area (Å²) in [6.07, 6.45) is 0. The molecule has 1 fully saturated rings. The van der Waals surface area contributed by atoms with Crippen molar-refractivity contribution in [2.45, 2.75) is 19.8 Å². The monoisotopic (exact) mass is 164 g/mol. The fourth-order valence-corrected chi connectivity index (χ4v) is 1.50. The van der Waals surface area contributed by atoms with E-state index in [9.17, 15) is 13.6 Å². The molecule has 1 N–H and O–H groups in total. The van der Waals surface area contributed by atoms with E-state index < -0.39 is 23.7 Å². The molecule has 11 heavy (non-hydrogen) atoms. The van der Waals surface area contributed by atoms with Crippen LogP contribution in [0.3, 0.4) is 0 Å². The van der Waals surface area contributed by atoms with E-state index in [0.29, 0.717) is 0 Å². The van der Waals surface area contributed by atoms with Crippen LogP contribution in [0.15, 0.2) is 0 Å². The molecule has 0 bridgehead atoms. The molecular formula is C7H10F2O2. The zero-order chi connectivity index (χ0) is 8.81. The fourth-order valence-electron chi connectivity index (χ4n) is 1.50. The summed E-state index contributed by atoms with van der Waals surface area (Å²) < 4.78 is 25.2. The molecule has 4 heteroatoms. The molecule has 1 aliphatic carbocycles. The molecule has 0 spiro atoms. The van der Waals surface area contributed by atoms with E-state index in [1.165, 1.54) is 0 Å². The highest BCUT2D eigenvalue weighted by atomic mass is 19.3. The van der Waals surface area contributed by atoms with Gasteiger partial charge in [0.2, 0.25) is 0 Å². The largest absolute Gasteiger partial charge is 0.481 e. The van der Waals surface area contributed by atoms with Crippen molar-refractivity contribution in [2.75, 3.05) is 0 Å². The number of rotatable bonds is 2. The molecule has 1 aliphatic rings. The summed E-state index contributed by atoms with van der Waals surface area (Å²) in [6, 6.07) is 0. The summed E-state index contributed by atoms with van der Waals surface area (Å²) in [4.78, 5) is 10.2. The Kier molecular flexibility index (Phi) is 1.65. The Labute approximate surface area is 63.2 Å². The molecule has 0 aromatic heterocycles. The average molecular weight is 164 g/mol. The van der Waals surface area contributed by atoms with Crippen LogP contribution in [0.2, 0.25) is 0 Å². The van der Waals surface area contributed by atoms with E-state index in [1.54, 1.807) is 13.8 Å². The van der Waals surface area contributed by atoms with Crippen LogP contribution in [-0.2, 0) is 4.79 Å². The molecule has 0 aromatic carbocycles. The third-order valence-corrected chi connectivity index (χ3v) is 2.09. The van der Waals surface area contributed by atoms with Crippen molar-refractivity contribution in [3.05, 3.63) is 0 Å². The minimum absolute atomic E-state index is 0.258. The van der Waals surface area contributed by atoms with E-state index in [-0.39, 0.29) is 5.92 Å². The predicted octanol–water partition coefficient (Wildman–Crippen LogP) is 1.61. The van der Waals surface area contributed by atoms with Gasteiger partial charge in [-0.3, -0.25) is 4.79 Å². The molecule has 64 valence electrons. The number of carboxylic acids is 1. The number of carboxylic acid groups (broad SMARTS) is 1. The lowest BCUT2D eigenvalue weighted by Crippen LogP contribution is -2.04. The van der Waals surface area contributed by atoms with Crippen molar-refractivity contribution in [1.29, 1.82) is 0 Å². The second-order valence-corrected chi connectivity index (χ2v) is 3.26. The first kappa shape index (κ1) is 8.43. The number of alkyl halides is 2. The number of carbonyl (C=O) groups is 1. The van der Waals surface area contributed by atoms with Crippen LogP contribution in [0.4, 0.5) is 8.78 Å². The molecule has 0 aliphatic heterocycles. The van der Waals surface area contributed by atoms with Crippen LogP contribution in [0, 0.1) is 17.8 Å². The lowest BCUT2D eigenvalue weighted by molar-refractivity contribution is -0.141. The normalized spacial score (nSPS) is 33.9. The van der Waals surface area contributed by atoms with Crippen molar-refractivity contribution in [2.24, 2.45) is 17.8 Å². The third kappa shape index (κ3) is 1.10. The van der Waals surface area contributed by atoms with E-state index in [1.807, 2.05) is 0 Å². The van der Waals surface area contributed by atoms with Crippen LogP contribution in [0.5, 0.6) is 0 Å². The van der Waals surface area contributed by atoms with Gasteiger partial charge in [0, 0.05) is 5.92 Å². The maximum atomic E-state index is 12.6. The van der Waals surface area contributed by atoms with E-state index >= 15 is 0 Å². The number of hydrogen-bond acceptors (Lipinski definition) is 1. The zero-order valence-electron chi connectivity index (χ0n) is 6.34. The van der Waals surface area contributed by atoms with Crippen molar-refractivity contribution in [3.8, 4) is 0 Å². The molecule has 0 aromatic rings. The summed E-state index contributed by atoms with van der Waals surface area (Å²) >= 11 is 0. The highest BCUT2D eigenvalue weighted by Gasteiger charge is 2.72. The first-order valence-corrected chi connectivity index (χ1v) is 3.49. The summed E-state index contributed by atoms with van der Waals surface area (Å²) in [6.45, 7) is 3.23. The Bertz CT molecular complexity index is 189. The van der Waals surface area contributed by atoms with Gasteiger partial charge < -0.3 is 5.11 Å². The van der Waals surface area contributed by atoms with E-state index in [0.717, 1.165) is 0 Å². The van der Waals surface area contributed by atoms with Crippen molar-refractivity contribution >= 4 is 5.97 Å². The summed E-state index contributed by atoms with van der Waals surface area (Å²) in [5.74, 6) is -7.01. The topological polar surface area (TPSA) is 37.3 Å². The summed E-state index contributed by atoms with van der Waals surface area (Å²) in [7, 11) is 0. The van der Waals surface area contributed by atoms with Crippen molar-refractivity contribution in [3.63, 3.8) is 0 Å². The fraction of sp³-hybridized carbons (Fsp3) is 0.857. The third-order valence-electron chi connectivity index (χ3n) is 2.09. The molecule has 0 amide bonds. The van der Waals surface area contributed by atoms with Crippen LogP contribution in [-0.4, -0.2) is 17.0 Å². The maximum Gasteiger partial charge on any atom is 0.313 e. The Morgan fingerprint density at radius 3 is 2.09 bits per heavy atom. The van der Waals surface area contributed by atoms with Gasteiger partial charge in [0.25, 0.3) is 5.92 Å². The highest BCUT2D eigenvalue weighted by molar-refractivity contribution is 5.76. The smallest absolute Gasteiger partial charge is 0.313 e. The first-order chi connectivity index (χ1) is 4.89. The summed E-state index contributed by atoms with van der Waals surface area (Å²) in [5.41, 5.74) is 0. The Morgan fingerprint density at radius 1 is 1.55 bits per heavy atom. The Balaban J connectivity index is 2.68. The molecule has 0 saturated heterocycles. The molecular weight excluding hydrogens is 154 g/mol. The minimum Gasteiger partial charge on any atom is -0.481 e. The Hall–Kier alpha value is -0.670. The van der Waals surface area contributed by atoms with Crippen molar-refractivity contribution in [1.82, 2.24) is 0 Å². The van der Waals surface area contributed by atoms with Gasteiger partial charge >= 0.3 is 5.97 Å². The van der Waals surface area contributed by atoms with Gasteiger partial charge in [0.15, 0.2) is 0 Å². The van der Waals surface area contributed by atoms with Gasteiger partial charge in [0.1, 0.15) is 5.92 Å². The first-order valence-electron chi connectivity index (χ1n) is 3.49. The van der Waals surface area contributed by atoms with Gasteiger partial charge in [-0.05, 0) is 5.92 Å². The van der Waals surface area contributed by atoms with Gasteiger partial charge in [-0.25, -0.2) is 8.78 Å². The second-order valence-electron chi connectivity index (χ2n) is 3.26.